The standard InChI is InChI=1S/C14H22O2/c15-11-13(12-6-2-1-3-7-12)10-14-8-4-5-9-16-14/h5,9-10,12,14-15H,1-4,6-8,11H2/b13-10-. The maximum atomic E-state index is 9.47. The number of aliphatic hydroxyl groups is 1. The Bertz CT molecular complexity index is 262. The second kappa shape index (κ2) is 6.09. The van der Waals surface area contributed by atoms with Crippen LogP contribution in [0.1, 0.15) is 44.9 Å². The lowest BCUT2D eigenvalue weighted by Crippen LogP contribution is -2.16. The van der Waals surface area contributed by atoms with Crippen molar-refractivity contribution in [2.75, 3.05) is 6.61 Å². The Morgan fingerprint density at radius 1 is 1.25 bits per heavy atom. The zero-order chi connectivity index (χ0) is 11.2. The maximum absolute atomic E-state index is 9.47. The van der Waals surface area contributed by atoms with Gasteiger partial charge in [0, 0.05) is 0 Å². The van der Waals surface area contributed by atoms with Gasteiger partial charge in [0.2, 0.25) is 0 Å². The summed E-state index contributed by atoms with van der Waals surface area (Å²) in [6.07, 6.45) is 14.8. The van der Waals surface area contributed by atoms with Crippen LogP contribution < -0.4 is 0 Å². The van der Waals surface area contributed by atoms with E-state index in [4.69, 9.17) is 4.74 Å². The van der Waals surface area contributed by atoms with E-state index >= 15 is 0 Å². The van der Waals surface area contributed by atoms with Crippen LogP contribution in [0.25, 0.3) is 0 Å². The highest BCUT2D eigenvalue weighted by Crippen LogP contribution is 2.30. The minimum atomic E-state index is 0.189. The van der Waals surface area contributed by atoms with Gasteiger partial charge < -0.3 is 9.84 Å². The Morgan fingerprint density at radius 3 is 2.69 bits per heavy atom. The molecule has 1 aliphatic carbocycles. The Labute approximate surface area is 98.0 Å². The average molecular weight is 222 g/mol. The molecule has 0 aromatic carbocycles. The van der Waals surface area contributed by atoms with Crippen LogP contribution in [0.4, 0.5) is 0 Å². The second-order valence-corrected chi connectivity index (χ2v) is 4.86. The van der Waals surface area contributed by atoms with Crippen LogP contribution in [-0.4, -0.2) is 17.8 Å². The van der Waals surface area contributed by atoms with Gasteiger partial charge >= 0.3 is 0 Å². The third-order valence-corrected chi connectivity index (χ3v) is 3.68. The van der Waals surface area contributed by atoms with Gasteiger partial charge in [0.1, 0.15) is 6.10 Å². The second-order valence-electron chi connectivity index (χ2n) is 4.86. The zero-order valence-electron chi connectivity index (χ0n) is 9.90. The number of ether oxygens (including phenoxy) is 1. The first-order valence-electron chi connectivity index (χ1n) is 6.52. The normalized spacial score (nSPS) is 27.8. The summed E-state index contributed by atoms with van der Waals surface area (Å²) in [5, 5.41) is 9.47. The first kappa shape index (κ1) is 11.7. The lowest BCUT2D eigenvalue weighted by atomic mass is 9.83. The van der Waals surface area contributed by atoms with Gasteiger partial charge in [-0.05, 0) is 49.3 Å². The van der Waals surface area contributed by atoms with Crippen LogP contribution in [0, 0.1) is 5.92 Å². The fourth-order valence-electron chi connectivity index (χ4n) is 2.71. The minimum Gasteiger partial charge on any atom is -0.494 e. The maximum Gasteiger partial charge on any atom is 0.117 e. The molecule has 1 heterocycles. The van der Waals surface area contributed by atoms with E-state index in [0.717, 1.165) is 12.8 Å². The molecule has 2 heteroatoms. The first-order chi connectivity index (χ1) is 7.90. The molecule has 90 valence electrons. The van der Waals surface area contributed by atoms with E-state index in [1.807, 2.05) is 0 Å². The van der Waals surface area contributed by atoms with E-state index < -0.39 is 0 Å². The highest BCUT2D eigenvalue weighted by atomic mass is 16.5. The molecule has 1 atom stereocenters. The monoisotopic (exact) mass is 222 g/mol. The van der Waals surface area contributed by atoms with Crippen molar-refractivity contribution in [2.45, 2.75) is 51.0 Å². The summed E-state index contributed by atoms with van der Waals surface area (Å²) in [5.74, 6) is 0.605. The van der Waals surface area contributed by atoms with Crippen molar-refractivity contribution < 1.29 is 9.84 Å². The van der Waals surface area contributed by atoms with Gasteiger partial charge in [0.15, 0.2) is 0 Å². The quantitative estimate of drug-likeness (QED) is 0.743. The largest absolute Gasteiger partial charge is 0.494 e. The molecule has 16 heavy (non-hydrogen) atoms. The summed E-state index contributed by atoms with van der Waals surface area (Å²) in [4.78, 5) is 0. The average Bonchev–Trinajstić information content (AvgIpc) is 2.38. The van der Waals surface area contributed by atoms with Crippen LogP contribution in [0.15, 0.2) is 24.0 Å². The van der Waals surface area contributed by atoms with E-state index in [-0.39, 0.29) is 12.7 Å². The minimum absolute atomic E-state index is 0.189. The number of aliphatic hydroxyl groups excluding tert-OH is 1. The third kappa shape index (κ3) is 3.11. The summed E-state index contributed by atoms with van der Waals surface area (Å²) in [5.41, 5.74) is 1.21. The van der Waals surface area contributed by atoms with Crippen molar-refractivity contribution in [1.29, 1.82) is 0 Å². The Morgan fingerprint density at radius 2 is 2.06 bits per heavy atom. The van der Waals surface area contributed by atoms with Crippen LogP contribution in [0.5, 0.6) is 0 Å². The van der Waals surface area contributed by atoms with E-state index in [0.29, 0.717) is 5.92 Å². The number of hydrogen-bond acceptors (Lipinski definition) is 2. The van der Waals surface area contributed by atoms with Crippen LogP contribution >= 0.6 is 0 Å². The molecule has 0 saturated heterocycles. The fourth-order valence-corrected chi connectivity index (χ4v) is 2.71. The lowest BCUT2D eigenvalue weighted by molar-refractivity contribution is 0.161. The molecule has 0 aromatic rings. The molecule has 0 radical (unpaired) electrons. The Kier molecular flexibility index (Phi) is 4.46. The van der Waals surface area contributed by atoms with Crippen molar-refractivity contribution in [3.63, 3.8) is 0 Å². The summed E-state index contributed by atoms with van der Waals surface area (Å²) < 4.78 is 5.53. The SMILES string of the molecule is OC/C(=C/C1CCC=CO1)C1CCCCC1. The molecule has 0 bridgehead atoms. The summed E-state index contributed by atoms with van der Waals surface area (Å²) in [7, 11) is 0. The molecule has 1 saturated carbocycles. The summed E-state index contributed by atoms with van der Waals surface area (Å²) in [6.45, 7) is 0.203. The number of allylic oxidation sites excluding steroid dienone is 1. The smallest absolute Gasteiger partial charge is 0.117 e. The molecular formula is C14H22O2. The van der Waals surface area contributed by atoms with Crippen molar-refractivity contribution in [2.24, 2.45) is 5.92 Å². The molecule has 1 aliphatic heterocycles. The van der Waals surface area contributed by atoms with Crippen molar-refractivity contribution in [1.82, 2.24) is 0 Å². The highest BCUT2D eigenvalue weighted by molar-refractivity contribution is 5.11. The molecule has 0 aromatic heterocycles. The van der Waals surface area contributed by atoms with Crippen LogP contribution in [-0.2, 0) is 4.74 Å². The molecule has 1 N–H and O–H groups in total. The number of hydrogen-bond donors (Lipinski definition) is 1. The van der Waals surface area contributed by atoms with E-state index in [2.05, 4.69) is 12.2 Å². The van der Waals surface area contributed by atoms with Gasteiger partial charge in [0.05, 0.1) is 12.9 Å². The molecule has 0 spiro atoms. The highest BCUT2D eigenvalue weighted by Gasteiger charge is 2.19. The zero-order valence-corrected chi connectivity index (χ0v) is 9.90. The van der Waals surface area contributed by atoms with Gasteiger partial charge in [-0.3, -0.25) is 0 Å². The molecule has 2 rings (SSSR count). The summed E-state index contributed by atoms with van der Waals surface area (Å²) >= 11 is 0. The van der Waals surface area contributed by atoms with Crippen LogP contribution in [0.3, 0.4) is 0 Å². The van der Waals surface area contributed by atoms with Crippen molar-refractivity contribution in [3.8, 4) is 0 Å². The fraction of sp³-hybridized carbons (Fsp3) is 0.714. The third-order valence-electron chi connectivity index (χ3n) is 3.68. The van der Waals surface area contributed by atoms with Crippen LogP contribution in [0.2, 0.25) is 0 Å². The number of rotatable bonds is 3. The van der Waals surface area contributed by atoms with Crippen molar-refractivity contribution >= 4 is 0 Å². The van der Waals surface area contributed by atoms with Gasteiger partial charge in [-0.1, -0.05) is 19.3 Å². The molecule has 2 aliphatic rings. The predicted octanol–water partition coefficient (Wildman–Crippen LogP) is 3.18. The lowest BCUT2D eigenvalue weighted by Gasteiger charge is -2.25. The topological polar surface area (TPSA) is 29.5 Å². The van der Waals surface area contributed by atoms with Gasteiger partial charge in [-0.15, -0.1) is 0 Å². The van der Waals surface area contributed by atoms with E-state index in [1.165, 1.54) is 37.7 Å². The molecular weight excluding hydrogens is 200 g/mol. The Hall–Kier alpha value is -0.760. The summed E-state index contributed by atoms with van der Waals surface area (Å²) in [6, 6.07) is 0. The van der Waals surface area contributed by atoms with Gasteiger partial charge in [-0.2, -0.15) is 0 Å². The van der Waals surface area contributed by atoms with Crippen molar-refractivity contribution in [3.05, 3.63) is 24.0 Å². The van der Waals surface area contributed by atoms with E-state index in [9.17, 15) is 5.11 Å². The predicted molar refractivity (Wildman–Crippen MR) is 65.0 cm³/mol. The van der Waals surface area contributed by atoms with Gasteiger partial charge in [0.25, 0.3) is 0 Å². The molecule has 2 nitrogen and oxygen atoms in total. The Balaban J connectivity index is 1.96. The molecule has 1 fully saturated rings. The van der Waals surface area contributed by atoms with Gasteiger partial charge in [-0.25, -0.2) is 0 Å². The molecule has 0 amide bonds. The molecule has 1 unspecified atom stereocenters. The van der Waals surface area contributed by atoms with E-state index in [1.54, 1.807) is 6.26 Å². The first-order valence-corrected chi connectivity index (χ1v) is 6.52.